The SMILES string of the molecule is CC[C@H]1OC(=O)[C@H](C)[C@@H](O[C@@H]2C[C@](C)(O)[C@@H](O)[C@H](C)O2)[C@H](C)[C@@H](O)[C@](C)(O)C[C@](C)(O)C(=O)[C@H](C)[C@@H](O)[C@H]1C. The molecule has 0 saturated carbocycles. The highest BCUT2D eigenvalue weighted by Gasteiger charge is 2.51. The van der Waals surface area contributed by atoms with E-state index in [0.29, 0.717) is 6.42 Å². The minimum atomic E-state index is -2.09. The van der Waals surface area contributed by atoms with Crippen LogP contribution in [0.1, 0.15) is 81.6 Å². The number of ketones is 1. The fourth-order valence-electron chi connectivity index (χ4n) is 6.19. The molecule has 2 heterocycles. The summed E-state index contributed by atoms with van der Waals surface area (Å²) in [6, 6.07) is 0. The van der Waals surface area contributed by atoms with Crippen LogP contribution in [0.15, 0.2) is 0 Å². The second-order valence-corrected chi connectivity index (χ2v) is 12.7. The van der Waals surface area contributed by atoms with Gasteiger partial charge in [-0.2, -0.15) is 0 Å². The quantitative estimate of drug-likeness (QED) is 0.266. The van der Waals surface area contributed by atoms with Gasteiger partial charge in [0.25, 0.3) is 0 Å². The van der Waals surface area contributed by atoms with Gasteiger partial charge in [0.15, 0.2) is 12.1 Å². The molecule has 0 aromatic carbocycles. The summed E-state index contributed by atoms with van der Waals surface area (Å²) in [4.78, 5) is 26.6. The molecule has 6 N–H and O–H groups in total. The summed E-state index contributed by atoms with van der Waals surface area (Å²) < 4.78 is 17.7. The lowest BCUT2D eigenvalue weighted by molar-refractivity contribution is -0.295. The molecule has 2 aliphatic rings. The van der Waals surface area contributed by atoms with Gasteiger partial charge >= 0.3 is 5.97 Å². The van der Waals surface area contributed by atoms with Crippen LogP contribution in [0.4, 0.5) is 0 Å². The van der Waals surface area contributed by atoms with Crippen LogP contribution >= 0.6 is 0 Å². The van der Waals surface area contributed by atoms with E-state index in [1.165, 1.54) is 27.7 Å². The van der Waals surface area contributed by atoms with Gasteiger partial charge in [0.2, 0.25) is 0 Å². The van der Waals surface area contributed by atoms with E-state index >= 15 is 0 Å². The van der Waals surface area contributed by atoms with Crippen LogP contribution in [-0.2, 0) is 23.8 Å². The van der Waals surface area contributed by atoms with Crippen molar-refractivity contribution in [1.82, 2.24) is 0 Å². The van der Waals surface area contributed by atoms with Gasteiger partial charge in [-0.05, 0) is 41.0 Å². The summed E-state index contributed by atoms with van der Waals surface area (Å²) in [7, 11) is 0. The largest absolute Gasteiger partial charge is 0.462 e. The number of ether oxygens (including phenoxy) is 3. The first-order valence-electron chi connectivity index (χ1n) is 13.9. The summed E-state index contributed by atoms with van der Waals surface area (Å²) >= 11 is 0. The first-order valence-corrected chi connectivity index (χ1v) is 13.9. The van der Waals surface area contributed by atoms with Crippen LogP contribution in [0.5, 0.6) is 0 Å². The zero-order valence-corrected chi connectivity index (χ0v) is 24.7. The standard InChI is InChI=1S/C28H50O11/c1-10-18-13(2)20(29)14(3)22(30)27(8,35)12-28(9,36)23(31)15(4)21(16(5)25(33)38-18)39-19-11-26(7,34)24(32)17(6)37-19/h13-21,23-24,29,31-32,34-36H,10-12H2,1-9H3/t13-,14+,15-,16+,17-,18+,19+,20-,21-,23+,24-,26-,27-,28+/m0/s1. The lowest BCUT2D eigenvalue weighted by Crippen LogP contribution is -2.58. The van der Waals surface area contributed by atoms with Crippen molar-refractivity contribution in [3.8, 4) is 0 Å². The number of carbonyl (C=O) groups excluding carboxylic acids is 2. The molecule has 0 aliphatic carbocycles. The van der Waals surface area contributed by atoms with Gasteiger partial charge in [0.05, 0.1) is 41.5 Å². The number of cyclic esters (lactones) is 1. The normalized spacial score (nSPS) is 51.2. The summed E-state index contributed by atoms with van der Waals surface area (Å²) in [5.74, 6) is -5.05. The Balaban J connectivity index is 2.54. The number of esters is 1. The summed E-state index contributed by atoms with van der Waals surface area (Å²) in [5, 5.41) is 65.7. The van der Waals surface area contributed by atoms with Crippen molar-refractivity contribution in [1.29, 1.82) is 0 Å². The molecule has 11 heteroatoms. The Labute approximate surface area is 231 Å². The fourth-order valence-corrected chi connectivity index (χ4v) is 6.19. The van der Waals surface area contributed by atoms with Gasteiger partial charge in [0.1, 0.15) is 17.8 Å². The Bertz CT molecular complexity index is 856. The second kappa shape index (κ2) is 12.4. The number of aliphatic hydroxyl groups excluding tert-OH is 3. The molecule has 0 bridgehead atoms. The monoisotopic (exact) mass is 562 g/mol. The average molecular weight is 563 g/mol. The fraction of sp³-hybridized carbons (Fsp3) is 0.929. The minimum Gasteiger partial charge on any atom is -0.462 e. The summed E-state index contributed by atoms with van der Waals surface area (Å²) in [5.41, 5.74) is -5.65. The van der Waals surface area contributed by atoms with Gasteiger partial charge < -0.3 is 44.8 Å². The van der Waals surface area contributed by atoms with Crippen LogP contribution in [0.25, 0.3) is 0 Å². The Hall–Kier alpha value is -1.18. The average Bonchev–Trinajstić information content (AvgIpc) is 2.84. The molecule has 0 aromatic heterocycles. The first-order chi connectivity index (χ1) is 17.7. The van der Waals surface area contributed by atoms with Gasteiger partial charge in [-0.1, -0.05) is 27.7 Å². The third-order valence-corrected chi connectivity index (χ3v) is 8.81. The second-order valence-electron chi connectivity index (χ2n) is 12.7. The number of carbonyl (C=O) groups is 2. The van der Waals surface area contributed by atoms with E-state index in [1.54, 1.807) is 34.6 Å². The van der Waals surface area contributed by atoms with Crippen molar-refractivity contribution in [3.05, 3.63) is 0 Å². The zero-order valence-electron chi connectivity index (χ0n) is 24.7. The predicted octanol–water partition coefficient (Wildman–Crippen LogP) is 0.681. The molecule has 0 radical (unpaired) electrons. The van der Waals surface area contributed by atoms with Crippen LogP contribution in [0.3, 0.4) is 0 Å². The molecule has 228 valence electrons. The Kier molecular flexibility index (Phi) is 10.8. The van der Waals surface area contributed by atoms with Crippen molar-refractivity contribution in [2.45, 2.75) is 141 Å². The summed E-state index contributed by atoms with van der Waals surface area (Å²) in [6.45, 7) is 13.5. The van der Waals surface area contributed by atoms with Crippen molar-refractivity contribution >= 4 is 11.8 Å². The maximum Gasteiger partial charge on any atom is 0.311 e. The highest BCUT2D eigenvalue weighted by Crippen LogP contribution is 2.37. The Morgan fingerprint density at radius 1 is 0.872 bits per heavy atom. The predicted molar refractivity (Wildman–Crippen MR) is 140 cm³/mol. The van der Waals surface area contributed by atoms with Crippen LogP contribution in [0, 0.1) is 23.7 Å². The molecule has 2 saturated heterocycles. The molecule has 0 amide bonds. The van der Waals surface area contributed by atoms with Crippen LogP contribution in [0.2, 0.25) is 0 Å². The van der Waals surface area contributed by atoms with Crippen molar-refractivity contribution < 1.29 is 54.4 Å². The molecule has 0 spiro atoms. The number of hydrogen-bond acceptors (Lipinski definition) is 11. The molecular formula is C28H50O11. The van der Waals surface area contributed by atoms with Crippen molar-refractivity contribution in [2.24, 2.45) is 23.7 Å². The van der Waals surface area contributed by atoms with Crippen LogP contribution < -0.4 is 0 Å². The van der Waals surface area contributed by atoms with Gasteiger partial charge in [-0.3, -0.25) is 9.59 Å². The molecule has 2 fully saturated rings. The molecular weight excluding hydrogens is 512 g/mol. The van der Waals surface area contributed by atoms with Gasteiger partial charge in [-0.25, -0.2) is 0 Å². The third kappa shape index (κ3) is 7.37. The number of rotatable bonds is 3. The molecule has 0 unspecified atom stereocenters. The lowest BCUT2D eigenvalue weighted by atomic mass is 9.73. The minimum absolute atomic E-state index is 0.127. The number of Topliss-reactive ketones (excluding diaryl/α,β-unsaturated/α-hetero) is 1. The van der Waals surface area contributed by atoms with Crippen molar-refractivity contribution in [3.63, 3.8) is 0 Å². The molecule has 11 nitrogen and oxygen atoms in total. The van der Waals surface area contributed by atoms with E-state index in [0.717, 1.165) is 0 Å². The molecule has 2 rings (SSSR count). The summed E-state index contributed by atoms with van der Waals surface area (Å²) in [6.07, 6.45) is -8.08. The zero-order chi connectivity index (χ0) is 30.2. The third-order valence-electron chi connectivity index (χ3n) is 8.81. The van der Waals surface area contributed by atoms with E-state index in [1.807, 2.05) is 0 Å². The van der Waals surface area contributed by atoms with Gasteiger partial charge in [-0.15, -0.1) is 0 Å². The van der Waals surface area contributed by atoms with E-state index in [4.69, 9.17) is 14.2 Å². The van der Waals surface area contributed by atoms with Gasteiger partial charge in [0, 0.05) is 30.6 Å². The van der Waals surface area contributed by atoms with Crippen LogP contribution in [-0.4, -0.2) is 102 Å². The first kappa shape index (κ1) is 34.0. The lowest BCUT2D eigenvalue weighted by Gasteiger charge is -2.46. The maximum absolute atomic E-state index is 13.4. The highest BCUT2D eigenvalue weighted by atomic mass is 16.7. The number of aliphatic hydroxyl groups is 6. The highest BCUT2D eigenvalue weighted by molar-refractivity contribution is 5.89. The Morgan fingerprint density at radius 2 is 1.44 bits per heavy atom. The van der Waals surface area contributed by atoms with E-state index < -0.39 is 102 Å². The van der Waals surface area contributed by atoms with E-state index in [9.17, 15) is 40.2 Å². The van der Waals surface area contributed by atoms with Crippen molar-refractivity contribution in [2.75, 3.05) is 0 Å². The molecule has 0 aromatic rings. The number of hydrogen-bond donors (Lipinski definition) is 6. The molecule has 2 aliphatic heterocycles. The van der Waals surface area contributed by atoms with E-state index in [-0.39, 0.29) is 6.42 Å². The maximum atomic E-state index is 13.4. The smallest absolute Gasteiger partial charge is 0.311 e. The topological polar surface area (TPSA) is 183 Å². The van der Waals surface area contributed by atoms with E-state index in [2.05, 4.69) is 0 Å². The Morgan fingerprint density at radius 3 is 1.95 bits per heavy atom. The molecule has 14 atom stereocenters. The molecule has 39 heavy (non-hydrogen) atoms.